The van der Waals surface area contributed by atoms with Crippen LogP contribution in [0.1, 0.15) is 5.69 Å². The van der Waals surface area contributed by atoms with Gasteiger partial charge in [0.05, 0.1) is 11.9 Å². The van der Waals surface area contributed by atoms with Crippen LogP contribution in [0.4, 0.5) is 5.69 Å². The van der Waals surface area contributed by atoms with Crippen molar-refractivity contribution in [2.24, 2.45) is 4.99 Å². The molecule has 0 fully saturated rings. The van der Waals surface area contributed by atoms with Gasteiger partial charge in [-0.1, -0.05) is 31.9 Å². The number of nitrogens with zero attached hydrogens (tertiary/aromatic N) is 2. The summed E-state index contributed by atoms with van der Waals surface area (Å²) in [6.45, 7) is 0. The van der Waals surface area contributed by atoms with Crippen LogP contribution in [0.5, 0.6) is 5.95 Å². The summed E-state index contributed by atoms with van der Waals surface area (Å²) in [4.78, 5) is 8.52. The summed E-state index contributed by atoms with van der Waals surface area (Å²) >= 11 is 6.73. The van der Waals surface area contributed by atoms with Crippen LogP contribution < -0.4 is 0 Å². The molecule has 22 heavy (non-hydrogen) atoms. The van der Waals surface area contributed by atoms with Gasteiger partial charge in [-0.2, -0.15) is 0 Å². The van der Waals surface area contributed by atoms with Gasteiger partial charge in [0.2, 0.25) is 5.89 Å². The molecular formula is C16H10Br2N2O2. The predicted octanol–water partition coefficient (Wildman–Crippen LogP) is 5.32. The molecule has 110 valence electrons. The molecule has 0 unspecified atom stereocenters. The Morgan fingerprint density at radius 3 is 2.18 bits per heavy atom. The van der Waals surface area contributed by atoms with Crippen molar-refractivity contribution in [3.8, 4) is 17.4 Å². The number of benzene rings is 2. The number of hydrogen-bond donors (Lipinski definition) is 1. The van der Waals surface area contributed by atoms with Crippen molar-refractivity contribution >= 4 is 43.8 Å². The minimum Gasteiger partial charge on any atom is -0.479 e. The van der Waals surface area contributed by atoms with Crippen LogP contribution in [0.3, 0.4) is 0 Å². The van der Waals surface area contributed by atoms with Gasteiger partial charge in [-0.3, -0.25) is 4.99 Å². The van der Waals surface area contributed by atoms with Gasteiger partial charge in [0, 0.05) is 14.5 Å². The molecule has 2 aromatic carbocycles. The Morgan fingerprint density at radius 2 is 1.55 bits per heavy atom. The first-order chi connectivity index (χ1) is 10.6. The van der Waals surface area contributed by atoms with Gasteiger partial charge in [-0.15, -0.1) is 0 Å². The molecular weight excluding hydrogens is 412 g/mol. The van der Waals surface area contributed by atoms with E-state index in [-0.39, 0.29) is 5.95 Å². The zero-order valence-electron chi connectivity index (χ0n) is 11.2. The van der Waals surface area contributed by atoms with Crippen LogP contribution in [0.2, 0.25) is 0 Å². The fourth-order valence-corrected chi connectivity index (χ4v) is 2.32. The fraction of sp³-hybridized carbons (Fsp3) is 0. The molecule has 1 aromatic heterocycles. The van der Waals surface area contributed by atoms with E-state index in [1.807, 2.05) is 48.5 Å². The van der Waals surface area contributed by atoms with Crippen molar-refractivity contribution in [2.75, 3.05) is 0 Å². The summed E-state index contributed by atoms with van der Waals surface area (Å²) in [5, 5.41) is 9.83. The predicted molar refractivity (Wildman–Crippen MR) is 92.7 cm³/mol. The maximum absolute atomic E-state index is 9.83. The topological polar surface area (TPSA) is 58.6 Å². The normalized spacial score (nSPS) is 11.2. The highest BCUT2D eigenvalue weighted by Gasteiger charge is 2.12. The molecule has 0 radical (unpaired) electrons. The molecule has 1 N–H and O–H groups in total. The molecule has 0 saturated heterocycles. The molecule has 0 aliphatic carbocycles. The van der Waals surface area contributed by atoms with Gasteiger partial charge in [0.15, 0.2) is 5.69 Å². The number of aliphatic imine (C=N–C) groups is 1. The van der Waals surface area contributed by atoms with Crippen LogP contribution in [-0.4, -0.2) is 16.3 Å². The Kier molecular flexibility index (Phi) is 4.40. The molecule has 3 rings (SSSR count). The summed E-state index contributed by atoms with van der Waals surface area (Å²) in [7, 11) is 0. The van der Waals surface area contributed by atoms with Gasteiger partial charge in [-0.05, 0) is 48.5 Å². The number of aromatic nitrogens is 1. The van der Waals surface area contributed by atoms with Crippen molar-refractivity contribution in [3.63, 3.8) is 0 Å². The SMILES string of the molecule is Oc1oc(-c2ccc(Br)cc2)nc1C=Nc1ccc(Br)cc1. The lowest BCUT2D eigenvalue weighted by molar-refractivity contribution is 0.337. The maximum atomic E-state index is 9.83. The number of oxazole rings is 1. The number of halogens is 2. The molecule has 4 nitrogen and oxygen atoms in total. The molecule has 3 aromatic rings. The van der Waals surface area contributed by atoms with Crippen molar-refractivity contribution < 1.29 is 9.52 Å². The highest BCUT2D eigenvalue weighted by molar-refractivity contribution is 9.10. The minimum atomic E-state index is -0.251. The Bertz CT molecular complexity index is 809. The van der Waals surface area contributed by atoms with Crippen molar-refractivity contribution in [2.45, 2.75) is 0 Å². The number of rotatable bonds is 3. The van der Waals surface area contributed by atoms with E-state index in [2.05, 4.69) is 41.8 Å². The third-order valence-electron chi connectivity index (χ3n) is 2.89. The largest absolute Gasteiger partial charge is 0.479 e. The summed E-state index contributed by atoms with van der Waals surface area (Å²) in [5.74, 6) is 0.0982. The van der Waals surface area contributed by atoms with E-state index in [0.717, 1.165) is 20.2 Å². The van der Waals surface area contributed by atoms with Crippen LogP contribution in [0, 0.1) is 0 Å². The quantitative estimate of drug-likeness (QED) is 0.582. The van der Waals surface area contributed by atoms with Gasteiger partial charge in [-0.25, -0.2) is 4.98 Å². The first-order valence-corrected chi connectivity index (χ1v) is 7.96. The fourth-order valence-electron chi connectivity index (χ4n) is 1.79. The van der Waals surface area contributed by atoms with E-state index < -0.39 is 0 Å². The lowest BCUT2D eigenvalue weighted by Gasteiger charge is -1.94. The summed E-state index contributed by atoms with van der Waals surface area (Å²) in [6, 6.07) is 15.0. The Hall–Kier alpha value is -1.92. The van der Waals surface area contributed by atoms with E-state index in [0.29, 0.717) is 11.6 Å². The van der Waals surface area contributed by atoms with Crippen molar-refractivity contribution in [1.29, 1.82) is 0 Å². The second kappa shape index (κ2) is 6.46. The smallest absolute Gasteiger partial charge is 0.312 e. The molecule has 0 atom stereocenters. The van der Waals surface area contributed by atoms with Gasteiger partial charge in [0.25, 0.3) is 0 Å². The lowest BCUT2D eigenvalue weighted by Crippen LogP contribution is -1.82. The van der Waals surface area contributed by atoms with E-state index in [1.165, 1.54) is 6.21 Å². The molecule has 0 aliphatic heterocycles. The van der Waals surface area contributed by atoms with Crippen LogP contribution in [-0.2, 0) is 0 Å². The van der Waals surface area contributed by atoms with Crippen LogP contribution in [0.15, 0.2) is 66.9 Å². The minimum absolute atomic E-state index is 0.251. The van der Waals surface area contributed by atoms with E-state index >= 15 is 0 Å². The average Bonchev–Trinajstić information content (AvgIpc) is 2.88. The van der Waals surface area contributed by atoms with E-state index in [4.69, 9.17) is 4.42 Å². The third kappa shape index (κ3) is 3.45. The third-order valence-corrected chi connectivity index (χ3v) is 3.95. The van der Waals surface area contributed by atoms with Gasteiger partial charge < -0.3 is 9.52 Å². The lowest BCUT2D eigenvalue weighted by atomic mass is 10.2. The Morgan fingerprint density at radius 1 is 0.955 bits per heavy atom. The zero-order chi connectivity index (χ0) is 15.5. The first-order valence-electron chi connectivity index (χ1n) is 6.37. The van der Waals surface area contributed by atoms with Gasteiger partial charge in [0.1, 0.15) is 0 Å². The van der Waals surface area contributed by atoms with E-state index in [9.17, 15) is 5.11 Å². The monoisotopic (exact) mass is 420 g/mol. The highest BCUT2D eigenvalue weighted by atomic mass is 79.9. The second-order valence-electron chi connectivity index (χ2n) is 4.45. The summed E-state index contributed by atoms with van der Waals surface area (Å²) in [6.07, 6.45) is 1.48. The molecule has 6 heteroatoms. The first kappa shape index (κ1) is 15.0. The molecule has 0 aliphatic rings. The zero-order valence-corrected chi connectivity index (χ0v) is 14.4. The average molecular weight is 422 g/mol. The molecule has 1 heterocycles. The maximum Gasteiger partial charge on any atom is 0.312 e. The van der Waals surface area contributed by atoms with Crippen molar-refractivity contribution in [3.05, 3.63) is 63.2 Å². The van der Waals surface area contributed by atoms with E-state index in [1.54, 1.807) is 0 Å². The van der Waals surface area contributed by atoms with Gasteiger partial charge >= 0.3 is 5.95 Å². The van der Waals surface area contributed by atoms with Crippen molar-refractivity contribution in [1.82, 2.24) is 4.98 Å². The number of aromatic hydroxyl groups is 1. The Labute approximate surface area is 143 Å². The molecule has 0 spiro atoms. The number of hydrogen-bond acceptors (Lipinski definition) is 4. The molecule has 0 bridgehead atoms. The Balaban J connectivity index is 1.86. The summed E-state index contributed by atoms with van der Waals surface area (Å²) in [5.41, 5.74) is 1.83. The molecule has 0 amide bonds. The summed E-state index contributed by atoms with van der Waals surface area (Å²) < 4.78 is 7.22. The highest BCUT2D eigenvalue weighted by Crippen LogP contribution is 2.27. The second-order valence-corrected chi connectivity index (χ2v) is 6.28. The van der Waals surface area contributed by atoms with Crippen LogP contribution >= 0.6 is 31.9 Å². The molecule has 0 saturated carbocycles. The van der Waals surface area contributed by atoms with Crippen LogP contribution in [0.25, 0.3) is 11.5 Å². The standard InChI is InChI=1S/C16H10Br2N2O2/c17-11-3-1-10(2-4-11)15-20-14(16(21)22-15)9-19-13-7-5-12(18)6-8-13/h1-9,21H.